The lowest BCUT2D eigenvalue weighted by Crippen LogP contribution is -2.13. The van der Waals surface area contributed by atoms with E-state index in [-0.39, 0.29) is 17.3 Å². The predicted molar refractivity (Wildman–Crippen MR) is 122 cm³/mol. The fourth-order valence-corrected chi connectivity index (χ4v) is 4.57. The highest BCUT2D eigenvalue weighted by atomic mass is 16.6. The fourth-order valence-electron chi connectivity index (χ4n) is 4.57. The first-order valence-electron chi connectivity index (χ1n) is 11.1. The number of hydrogen-bond donors (Lipinski definition) is 1. The van der Waals surface area contributed by atoms with Gasteiger partial charge in [-0.25, -0.2) is 0 Å². The van der Waals surface area contributed by atoms with E-state index in [1.165, 1.54) is 69.9 Å². The maximum absolute atomic E-state index is 11.4. The summed E-state index contributed by atoms with van der Waals surface area (Å²) in [6.07, 6.45) is 10.6. The maximum atomic E-state index is 11.4. The largest absolute Gasteiger partial charge is 0.321 e. The fraction of sp³-hybridized carbons (Fsp3) is 0.480. The first-order valence-corrected chi connectivity index (χ1v) is 11.1. The lowest BCUT2D eigenvalue weighted by Gasteiger charge is -2.29. The van der Waals surface area contributed by atoms with Gasteiger partial charge in [-0.15, -0.1) is 0 Å². The van der Waals surface area contributed by atoms with Gasteiger partial charge in [-0.1, -0.05) is 62.9 Å². The van der Waals surface area contributed by atoms with Gasteiger partial charge in [0.2, 0.25) is 5.91 Å². The summed E-state index contributed by atoms with van der Waals surface area (Å²) in [7, 11) is 0. The number of unbranched alkanes of at least 4 members (excludes halogenated alkanes) is 2. The number of anilines is 1. The van der Waals surface area contributed by atoms with E-state index >= 15 is 0 Å². The van der Waals surface area contributed by atoms with Crippen molar-refractivity contribution in [2.24, 2.45) is 5.92 Å². The molecule has 0 heterocycles. The number of benzene rings is 2. The van der Waals surface area contributed by atoms with Crippen LogP contribution >= 0.6 is 0 Å². The number of rotatable bonds is 8. The van der Waals surface area contributed by atoms with Crippen LogP contribution in [0.25, 0.3) is 11.1 Å². The van der Waals surface area contributed by atoms with Gasteiger partial charge in [0.1, 0.15) is 5.69 Å². The normalized spacial score (nSPS) is 18.7. The van der Waals surface area contributed by atoms with E-state index in [0.29, 0.717) is 5.92 Å². The maximum Gasteiger partial charge on any atom is 0.293 e. The molecule has 1 N–H and O–H groups in total. The molecular formula is C25H32N2O3. The summed E-state index contributed by atoms with van der Waals surface area (Å²) in [6.45, 7) is 3.60. The van der Waals surface area contributed by atoms with Crippen molar-refractivity contribution >= 4 is 17.3 Å². The van der Waals surface area contributed by atoms with E-state index < -0.39 is 4.92 Å². The minimum absolute atomic E-state index is 0.0897. The van der Waals surface area contributed by atoms with Gasteiger partial charge >= 0.3 is 0 Å². The molecule has 1 aliphatic carbocycles. The number of nitro groups is 1. The molecule has 160 valence electrons. The van der Waals surface area contributed by atoms with Crippen molar-refractivity contribution in [3.05, 3.63) is 58.1 Å². The second-order valence-corrected chi connectivity index (χ2v) is 8.51. The van der Waals surface area contributed by atoms with Crippen LogP contribution in [-0.4, -0.2) is 10.8 Å². The van der Waals surface area contributed by atoms with Crippen molar-refractivity contribution in [1.82, 2.24) is 0 Å². The molecule has 5 heteroatoms. The number of nitro benzene ring substituents is 1. The summed E-state index contributed by atoms with van der Waals surface area (Å²) < 4.78 is 0. The number of amides is 1. The molecule has 0 unspecified atom stereocenters. The lowest BCUT2D eigenvalue weighted by atomic mass is 9.77. The Labute approximate surface area is 179 Å². The molecule has 0 spiro atoms. The first kappa shape index (κ1) is 22.0. The molecule has 0 radical (unpaired) electrons. The Morgan fingerprint density at radius 2 is 1.70 bits per heavy atom. The molecule has 0 aliphatic heterocycles. The Bertz CT molecular complexity index is 868. The van der Waals surface area contributed by atoms with Gasteiger partial charge in [-0.2, -0.15) is 0 Å². The minimum Gasteiger partial charge on any atom is -0.321 e. The van der Waals surface area contributed by atoms with Gasteiger partial charge in [0, 0.05) is 13.0 Å². The molecule has 2 aromatic carbocycles. The number of nitrogens with one attached hydrogen (secondary N) is 1. The van der Waals surface area contributed by atoms with Crippen molar-refractivity contribution in [3.8, 4) is 11.1 Å². The topological polar surface area (TPSA) is 72.2 Å². The molecule has 1 aliphatic rings. The molecule has 1 amide bonds. The zero-order valence-corrected chi connectivity index (χ0v) is 18.0. The van der Waals surface area contributed by atoms with Crippen LogP contribution in [0.15, 0.2) is 42.5 Å². The average molecular weight is 409 g/mol. The molecule has 1 fully saturated rings. The van der Waals surface area contributed by atoms with Crippen molar-refractivity contribution in [1.29, 1.82) is 0 Å². The summed E-state index contributed by atoms with van der Waals surface area (Å²) in [6, 6.07) is 13.4. The molecule has 3 rings (SSSR count). The molecule has 0 aromatic heterocycles. The molecule has 0 saturated heterocycles. The third-order valence-corrected chi connectivity index (χ3v) is 6.28. The molecule has 0 bridgehead atoms. The van der Waals surface area contributed by atoms with Crippen LogP contribution < -0.4 is 5.32 Å². The predicted octanol–water partition coefficient (Wildman–Crippen LogP) is 7.07. The summed E-state index contributed by atoms with van der Waals surface area (Å²) in [5.41, 5.74) is 3.23. The smallest absolute Gasteiger partial charge is 0.293 e. The Kier molecular flexibility index (Phi) is 7.61. The van der Waals surface area contributed by atoms with Crippen LogP contribution in [0, 0.1) is 16.0 Å². The quantitative estimate of drug-likeness (QED) is 0.288. The van der Waals surface area contributed by atoms with E-state index in [9.17, 15) is 14.9 Å². The van der Waals surface area contributed by atoms with Crippen LogP contribution in [0.2, 0.25) is 0 Å². The summed E-state index contributed by atoms with van der Waals surface area (Å²) in [4.78, 5) is 22.2. The molecule has 30 heavy (non-hydrogen) atoms. The molecular weight excluding hydrogens is 376 g/mol. The zero-order chi connectivity index (χ0) is 21.5. The summed E-state index contributed by atoms with van der Waals surface area (Å²) >= 11 is 0. The summed E-state index contributed by atoms with van der Waals surface area (Å²) in [5.74, 6) is 1.20. The van der Waals surface area contributed by atoms with Crippen LogP contribution in [-0.2, 0) is 4.79 Å². The van der Waals surface area contributed by atoms with Crippen molar-refractivity contribution < 1.29 is 9.72 Å². The lowest BCUT2D eigenvalue weighted by molar-refractivity contribution is -0.383. The molecule has 0 atom stereocenters. The SMILES string of the molecule is CCCCC[C@H]1CC[C@H](c2ccc(-c3ccc(NC(C)=O)c([N+](=O)[O-])c3)cc2)CC1. The van der Waals surface area contributed by atoms with Gasteiger partial charge in [0.15, 0.2) is 0 Å². The Hall–Kier alpha value is -2.69. The second kappa shape index (κ2) is 10.4. The van der Waals surface area contributed by atoms with Gasteiger partial charge < -0.3 is 5.32 Å². The standard InChI is InChI=1S/C25H32N2O3/c1-3-4-5-6-19-7-9-20(10-8-19)21-11-13-22(14-12-21)23-15-16-24(26-18(2)28)25(17-23)27(29)30/h11-17,19-20H,3-10H2,1-2H3,(H,26,28)/t19-,20-. The number of carbonyl (C=O) groups is 1. The Morgan fingerprint density at radius 1 is 1.03 bits per heavy atom. The number of carbonyl (C=O) groups excluding carboxylic acids is 1. The first-order chi connectivity index (χ1) is 14.5. The van der Waals surface area contributed by atoms with Crippen LogP contribution in [0.3, 0.4) is 0 Å². The highest BCUT2D eigenvalue weighted by Gasteiger charge is 2.22. The minimum atomic E-state index is -0.456. The number of hydrogen-bond acceptors (Lipinski definition) is 3. The van der Waals surface area contributed by atoms with Crippen LogP contribution in [0.1, 0.15) is 76.7 Å². The number of nitrogens with zero attached hydrogens (tertiary/aromatic N) is 1. The van der Waals surface area contributed by atoms with E-state index in [0.717, 1.165) is 17.0 Å². The van der Waals surface area contributed by atoms with Gasteiger partial charge in [0.25, 0.3) is 5.69 Å². The Morgan fingerprint density at radius 3 is 2.30 bits per heavy atom. The van der Waals surface area contributed by atoms with E-state index in [1.807, 2.05) is 6.07 Å². The molecule has 1 saturated carbocycles. The van der Waals surface area contributed by atoms with E-state index in [4.69, 9.17) is 0 Å². The average Bonchev–Trinajstić information content (AvgIpc) is 2.74. The second-order valence-electron chi connectivity index (χ2n) is 8.51. The van der Waals surface area contributed by atoms with Crippen molar-refractivity contribution in [2.45, 2.75) is 71.1 Å². The molecule has 5 nitrogen and oxygen atoms in total. The zero-order valence-electron chi connectivity index (χ0n) is 18.0. The van der Waals surface area contributed by atoms with Crippen LogP contribution in [0.4, 0.5) is 11.4 Å². The highest BCUT2D eigenvalue weighted by Crippen LogP contribution is 2.38. The summed E-state index contributed by atoms with van der Waals surface area (Å²) in [5, 5.41) is 13.9. The highest BCUT2D eigenvalue weighted by molar-refractivity contribution is 5.92. The monoisotopic (exact) mass is 408 g/mol. The van der Waals surface area contributed by atoms with Gasteiger partial charge in [-0.05, 0) is 60.3 Å². The van der Waals surface area contributed by atoms with E-state index in [2.05, 4.69) is 36.5 Å². The third-order valence-electron chi connectivity index (χ3n) is 6.28. The van der Waals surface area contributed by atoms with Gasteiger partial charge in [0.05, 0.1) is 4.92 Å². The molecule has 2 aromatic rings. The van der Waals surface area contributed by atoms with Gasteiger partial charge in [-0.3, -0.25) is 14.9 Å². The van der Waals surface area contributed by atoms with Crippen molar-refractivity contribution in [2.75, 3.05) is 5.32 Å². The Balaban J connectivity index is 1.67. The third kappa shape index (κ3) is 5.68. The van der Waals surface area contributed by atoms with Crippen molar-refractivity contribution in [3.63, 3.8) is 0 Å². The van der Waals surface area contributed by atoms with E-state index in [1.54, 1.807) is 6.07 Å². The van der Waals surface area contributed by atoms with Crippen LogP contribution in [0.5, 0.6) is 0 Å².